The van der Waals surface area contributed by atoms with Crippen molar-refractivity contribution in [1.82, 2.24) is 10.6 Å². The molecule has 1 fully saturated rings. The second-order valence-electron chi connectivity index (χ2n) is 4.16. The molecule has 1 aliphatic heterocycles. The average Bonchev–Trinajstić information content (AvgIpc) is 2.31. The number of piperazine rings is 1. The van der Waals surface area contributed by atoms with Crippen LogP contribution in [0.15, 0.2) is 24.3 Å². The van der Waals surface area contributed by atoms with Crippen molar-refractivity contribution >= 4 is 0 Å². The molecule has 0 radical (unpaired) electrons. The maximum Gasteiger partial charge on any atom is 0.0449 e. The minimum absolute atomic E-state index is 0.501. The molecule has 82 valence electrons. The van der Waals surface area contributed by atoms with Gasteiger partial charge in [0, 0.05) is 25.7 Å². The Bertz CT molecular complexity index is 303. The van der Waals surface area contributed by atoms with Crippen LogP contribution >= 0.6 is 0 Å². The molecule has 1 aromatic rings. The van der Waals surface area contributed by atoms with Crippen molar-refractivity contribution in [1.29, 1.82) is 0 Å². The summed E-state index contributed by atoms with van der Waals surface area (Å²) in [7, 11) is 0. The van der Waals surface area contributed by atoms with Crippen molar-refractivity contribution < 1.29 is 0 Å². The molecule has 0 aliphatic carbocycles. The first kappa shape index (κ1) is 10.7. The molecule has 2 rings (SSSR count). The van der Waals surface area contributed by atoms with E-state index in [9.17, 15) is 0 Å². The van der Waals surface area contributed by atoms with Crippen LogP contribution in [-0.4, -0.2) is 19.6 Å². The fraction of sp³-hybridized carbons (Fsp3) is 0.538. The molecule has 2 nitrogen and oxygen atoms in total. The van der Waals surface area contributed by atoms with Crippen LogP contribution in [0.2, 0.25) is 0 Å². The van der Waals surface area contributed by atoms with Crippen LogP contribution in [0.25, 0.3) is 0 Å². The third-order valence-electron chi connectivity index (χ3n) is 2.99. The lowest BCUT2D eigenvalue weighted by molar-refractivity contribution is 0.428. The van der Waals surface area contributed by atoms with Gasteiger partial charge in [-0.25, -0.2) is 0 Å². The van der Waals surface area contributed by atoms with Gasteiger partial charge < -0.3 is 10.6 Å². The summed E-state index contributed by atoms with van der Waals surface area (Å²) in [6.45, 7) is 5.46. The van der Waals surface area contributed by atoms with Gasteiger partial charge in [0.2, 0.25) is 0 Å². The van der Waals surface area contributed by atoms with E-state index in [2.05, 4.69) is 41.8 Å². The smallest absolute Gasteiger partial charge is 0.0449 e. The molecule has 2 heteroatoms. The van der Waals surface area contributed by atoms with E-state index in [0.29, 0.717) is 6.04 Å². The van der Waals surface area contributed by atoms with Gasteiger partial charge in [-0.2, -0.15) is 0 Å². The van der Waals surface area contributed by atoms with Gasteiger partial charge in [-0.15, -0.1) is 0 Å². The Morgan fingerprint density at radius 3 is 2.87 bits per heavy atom. The standard InChI is InChI=1S/C13H20N2/c1-2-5-11-6-3-4-7-12(11)13-10-14-8-9-15-13/h3-4,6-7,13-15H,2,5,8-10H2,1H3. The van der Waals surface area contributed by atoms with Crippen molar-refractivity contribution in [3.63, 3.8) is 0 Å². The molecule has 15 heavy (non-hydrogen) atoms. The fourth-order valence-corrected chi connectivity index (χ4v) is 2.24. The molecule has 1 heterocycles. The number of aryl methyl sites for hydroxylation is 1. The zero-order chi connectivity index (χ0) is 10.5. The van der Waals surface area contributed by atoms with E-state index < -0.39 is 0 Å². The quantitative estimate of drug-likeness (QED) is 0.785. The van der Waals surface area contributed by atoms with Gasteiger partial charge in [0.25, 0.3) is 0 Å². The molecule has 0 saturated carbocycles. The van der Waals surface area contributed by atoms with Gasteiger partial charge in [-0.1, -0.05) is 37.6 Å². The highest BCUT2D eigenvalue weighted by molar-refractivity contribution is 5.30. The summed E-state index contributed by atoms with van der Waals surface area (Å²) < 4.78 is 0. The van der Waals surface area contributed by atoms with Crippen LogP contribution in [0.3, 0.4) is 0 Å². The van der Waals surface area contributed by atoms with Gasteiger partial charge in [-0.3, -0.25) is 0 Å². The minimum Gasteiger partial charge on any atom is -0.314 e. The Morgan fingerprint density at radius 1 is 1.27 bits per heavy atom. The van der Waals surface area contributed by atoms with Crippen LogP contribution in [0, 0.1) is 0 Å². The first-order chi connectivity index (χ1) is 7.42. The van der Waals surface area contributed by atoms with Gasteiger partial charge in [0.15, 0.2) is 0 Å². The third kappa shape index (κ3) is 2.58. The van der Waals surface area contributed by atoms with E-state index >= 15 is 0 Å². The fourth-order valence-electron chi connectivity index (χ4n) is 2.24. The van der Waals surface area contributed by atoms with E-state index in [4.69, 9.17) is 0 Å². The largest absolute Gasteiger partial charge is 0.314 e. The number of hydrogen-bond acceptors (Lipinski definition) is 2. The summed E-state index contributed by atoms with van der Waals surface area (Å²) in [5.74, 6) is 0. The van der Waals surface area contributed by atoms with E-state index in [0.717, 1.165) is 19.6 Å². The van der Waals surface area contributed by atoms with Crippen molar-refractivity contribution in [3.05, 3.63) is 35.4 Å². The lowest BCUT2D eigenvalue weighted by atomic mass is 9.96. The Hall–Kier alpha value is -0.860. The lowest BCUT2D eigenvalue weighted by Crippen LogP contribution is -2.42. The molecule has 2 N–H and O–H groups in total. The molecule has 1 saturated heterocycles. The molecule has 1 unspecified atom stereocenters. The number of hydrogen-bond donors (Lipinski definition) is 2. The Morgan fingerprint density at radius 2 is 2.13 bits per heavy atom. The van der Waals surface area contributed by atoms with Crippen molar-refractivity contribution in [3.8, 4) is 0 Å². The first-order valence-electron chi connectivity index (χ1n) is 5.93. The predicted molar refractivity (Wildman–Crippen MR) is 64.1 cm³/mol. The summed E-state index contributed by atoms with van der Waals surface area (Å²) in [6.07, 6.45) is 2.41. The Kier molecular flexibility index (Phi) is 3.75. The van der Waals surface area contributed by atoms with E-state index in [-0.39, 0.29) is 0 Å². The van der Waals surface area contributed by atoms with Gasteiger partial charge in [-0.05, 0) is 17.5 Å². The van der Waals surface area contributed by atoms with Crippen molar-refractivity contribution in [2.75, 3.05) is 19.6 Å². The minimum atomic E-state index is 0.501. The molecule has 0 bridgehead atoms. The summed E-state index contributed by atoms with van der Waals surface area (Å²) in [4.78, 5) is 0. The second-order valence-corrected chi connectivity index (χ2v) is 4.16. The Balaban J connectivity index is 2.17. The van der Waals surface area contributed by atoms with Gasteiger partial charge >= 0.3 is 0 Å². The predicted octanol–water partition coefficient (Wildman–Crippen LogP) is 1.87. The average molecular weight is 204 g/mol. The highest BCUT2D eigenvalue weighted by Crippen LogP contribution is 2.19. The van der Waals surface area contributed by atoms with E-state index in [1.807, 2.05) is 0 Å². The second kappa shape index (κ2) is 5.29. The monoisotopic (exact) mass is 204 g/mol. The van der Waals surface area contributed by atoms with Crippen LogP contribution in [0.4, 0.5) is 0 Å². The molecule has 1 aliphatic rings. The van der Waals surface area contributed by atoms with Crippen molar-refractivity contribution in [2.45, 2.75) is 25.8 Å². The highest BCUT2D eigenvalue weighted by atomic mass is 15.1. The number of rotatable bonds is 3. The van der Waals surface area contributed by atoms with Crippen LogP contribution in [0.5, 0.6) is 0 Å². The Labute approximate surface area is 92.1 Å². The van der Waals surface area contributed by atoms with Gasteiger partial charge in [0.1, 0.15) is 0 Å². The summed E-state index contributed by atoms with van der Waals surface area (Å²) in [6, 6.07) is 9.31. The van der Waals surface area contributed by atoms with Crippen LogP contribution in [0.1, 0.15) is 30.5 Å². The zero-order valence-corrected chi connectivity index (χ0v) is 9.42. The van der Waals surface area contributed by atoms with E-state index in [1.165, 1.54) is 24.0 Å². The maximum absolute atomic E-state index is 3.57. The number of nitrogens with one attached hydrogen (secondary N) is 2. The number of benzene rings is 1. The molecule has 0 aromatic heterocycles. The van der Waals surface area contributed by atoms with Gasteiger partial charge in [0.05, 0.1) is 0 Å². The maximum atomic E-state index is 3.57. The molecule has 1 aromatic carbocycles. The normalized spacial score (nSPS) is 21.5. The summed E-state index contributed by atoms with van der Waals surface area (Å²) in [5.41, 5.74) is 2.98. The van der Waals surface area contributed by atoms with Crippen molar-refractivity contribution in [2.24, 2.45) is 0 Å². The molecule has 0 amide bonds. The van der Waals surface area contributed by atoms with E-state index in [1.54, 1.807) is 0 Å². The topological polar surface area (TPSA) is 24.1 Å². The summed E-state index contributed by atoms with van der Waals surface area (Å²) in [5, 5.41) is 7.01. The molecule has 0 spiro atoms. The molecular formula is C13H20N2. The first-order valence-corrected chi connectivity index (χ1v) is 5.93. The SMILES string of the molecule is CCCc1ccccc1C1CNCCN1. The highest BCUT2D eigenvalue weighted by Gasteiger charge is 2.16. The third-order valence-corrected chi connectivity index (χ3v) is 2.99. The molecular weight excluding hydrogens is 184 g/mol. The molecule has 1 atom stereocenters. The lowest BCUT2D eigenvalue weighted by Gasteiger charge is -2.26. The zero-order valence-electron chi connectivity index (χ0n) is 9.42. The van der Waals surface area contributed by atoms with Crippen LogP contribution < -0.4 is 10.6 Å². The van der Waals surface area contributed by atoms with Crippen LogP contribution in [-0.2, 0) is 6.42 Å². The summed E-state index contributed by atoms with van der Waals surface area (Å²) >= 11 is 0.